The van der Waals surface area contributed by atoms with Crippen molar-refractivity contribution in [3.8, 4) is 33.4 Å². The Balaban J connectivity index is 1.23. The van der Waals surface area contributed by atoms with Crippen LogP contribution in [0.5, 0.6) is 0 Å². The molecule has 6 aromatic rings. The summed E-state index contributed by atoms with van der Waals surface area (Å²) in [6.45, 7) is 13.4. The molecule has 0 saturated carbocycles. The van der Waals surface area contributed by atoms with Crippen molar-refractivity contribution in [1.29, 1.82) is 0 Å². The van der Waals surface area contributed by atoms with Gasteiger partial charge in [-0.05, 0) is 141 Å². The summed E-state index contributed by atoms with van der Waals surface area (Å²) in [6, 6.07) is 52.1. The SMILES string of the molecule is C=Cc1ccc(N(c2ccccc2)c2ccc(-c3ccc4c(c3)C(CCCCCCCC)(CCCCCCCC)c3cc5c(cc3-4)C(CCCCCCCC)(CCCCCCCC)c3ccccc3-5)cc2)cc1. The van der Waals surface area contributed by atoms with Gasteiger partial charge in [-0.1, -0.05) is 273 Å². The van der Waals surface area contributed by atoms with E-state index in [2.05, 4.69) is 173 Å². The van der Waals surface area contributed by atoms with E-state index in [4.69, 9.17) is 0 Å². The zero-order valence-electron chi connectivity index (χ0n) is 46.2. The van der Waals surface area contributed by atoms with Crippen molar-refractivity contribution in [3.05, 3.63) is 168 Å². The third-order valence-electron chi connectivity index (χ3n) is 17.4. The van der Waals surface area contributed by atoms with E-state index in [1.54, 1.807) is 33.4 Å². The van der Waals surface area contributed by atoms with Crippen LogP contribution < -0.4 is 4.90 Å². The van der Waals surface area contributed by atoms with Crippen molar-refractivity contribution < 1.29 is 0 Å². The van der Waals surface area contributed by atoms with Crippen LogP contribution in [0.4, 0.5) is 17.1 Å². The third-order valence-corrected chi connectivity index (χ3v) is 17.4. The minimum Gasteiger partial charge on any atom is -0.311 e. The Bertz CT molecular complexity index is 2560. The molecule has 0 atom stereocenters. The maximum absolute atomic E-state index is 4.01. The standard InChI is InChI=1S/C72H93N/c1-6-11-15-19-23-32-50-71(51-33-24-20-16-12-7-2)67-39-31-30-38-63(67)65-55-70-66(56-69(65)71)64-49-44-59(54-68(64)72(70,52-34-25-21-17-13-8-3)53-35-26-22-18-14-9-4)58-42-47-62(48-43-58)73(60-36-28-27-29-37-60)61-45-40-57(10-5)41-46-61/h10,27-31,36-49,54-56H,5-9,11-26,32-35,50-53H2,1-4H3. The van der Waals surface area contributed by atoms with Crippen molar-refractivity contribution in [2.45, 2.75) is 218 Å². The normalized spacial score (nSPS) is 13.6. The van der Waals surface area contributed by atoms with Crippen molar-refractivity contribution in [2.24, 2.45) is 0 Å². The predicted molar refractivity (Wildman–Crippen MR) is 321 cm³/mol. The highest BCUT2D eigenvalue weighted by molar-refractivity contribution is 5.91. The molecule has 0 bridgehead atoms. The quantitative estimate of drug-likeness (QED) is 0.0372. The van der Waals surface area contributed by atoms with Gasteiger partial charge in [0, 0.05) is 27.9 Å². The van der Waals surface area contributed by atoms with Gasteiger partial charge in [-0.3, -0.25) is 0 Å². The molecule has 0 saturated heterocycles. The Kier molecular flexibility index (Phi) is 20.3. The van der Waals surface area contributed by atoms with Gasteiger partial charge in [0.15, 0.2) is 0 Å². The van der Waals surface area contributed by atoms with Crippen molar-refractivity contribution in [3.63, 3.8) is 0 Å². The van der Waals surface area contributed by atoms with Crippen LogP contribution in [0.3, 0.4) is 0 Å². The molecule has 0 radical (unpaired) electrons. The summed E-state index contributed by atoms with van der Waals surface area (Å²) in [7, 11) is 0. The molecule has 2 aliphatic carbocycles. The maximum atomic E-state index is 4.01. The number of nitrogens with zero attached hydrogens (tertiary/aromatic N) is 1. The van der Waals surface area contributed by atoms with Gasteiger partial charge in [-0.15, -0.1) is 0 Å². The monoisotopic (exact) mass is 972 g/mol. The zero-order valence-corrected chi connectivity index (χ0v) is 46.2. The summed E-state index contributed by atoms with van der Waals surface area (Å²) in [5.41, 5.74) is 20.0. The van der Waals surface area contributed by atoms with Crippen LogP contribution in [0, 0.1) is 0 Å². The van der Waals surface area contributed by atoms with E-state index in [1.165, 1.54) is 202 Å². The molecule has 0 unspecified atom stereocenters. The molecule has 6 aromatic carbocycles. The van der Waals surface area contributed by atoms with E-state index in [1.807, 2.05) is 6.08 Å². The van der Waals surface area contributed by atoms with Crippen LogP contribution in [0.1, 0.15) is 235 Å². The Morgan fingerprint density at radius 2 is 0.699 bits per heavy atom. The lowest BCUT2D eigenvalue weighted by Gasteiger charge is -2.35. The van der Waals surface area contributed by atoms with Crippen molar-refractivity contribution >= 4 is 23.1 Å². The molecule has 8 rings (SSSR count). The third kappa shape index (κ3) is 12.7. The molecule has 386 valence electrons. The fourth-order valence-corrected chi connectivity index (χ4v) is 13.4. The van der Waals surface area contributed by atoms with Gasteiger partial charge < -0.3 is 4.90 Å². The van der Waals surface area contributed by atoms with Crippen molar-refractivity contribution in [2.75, 3.05) is 4.90 Å². The van der Waals surface area contributed by atoms with Crippen LogP contribution in [-0.2, 0) is 10.8 Å². The molecule has 1 heteroatoms. The highest BCUT2D eigenvalue weighted by atomic mass is 15.1. The van der Waals surface area contributed by atoms with Crippen LogP contribution in [0.25, 0.3) is 39.5 Å². The average Bonchev–Trinajstić information content (AvgIpc) is 3.85. The molecular weight excluding hydrogens is 879 g/mol. The number of rotatable bonds is 33. The average molecular weight is 973 g/mol. The second-order valence-corrected chi connectivity index (χ2v) is 22.5. The molecule has 0 fully saturated rings. The van der Waals surface area contributed by atoms with Gasteiger partial charge in [0.1, 0.15) is 0 Å². The molecular formula is C72H93N. The number of unbranched alkanes of at least 4 members (excludes halogenated alkanes) is 20. The topological polar surface area (TPSA) is 3.24 Å². The number of para-hydroxylation sites is 1. The molecule has 0 spiro atoms. The highest BCUT2D eigenvalue weighted by Gasteiger charge is 2.48. The first-order valence-corrected chi connectivity index (χ1v) is 30.1. The van der Waals surface area contributed by atoms with Gasteiger partial charge in [0.2, 0.25) is 0 Å². The van der Waals surface area contributed by atoms with Crippen LogP contribution >= 0.6 is 0 Å². The summed E-state index contributed by atoms with van der Waals surface area (Å²) in [5, 5.41) is 0. The highest BCUT2D eigenvalue weighted by Crippen LogP contribution is 2.61. The molecule has 2 aliphatic rings. The number of hydrogen-bond donors (Lipinski definition) is 0. The van der Waals surface area contributed by atoms with E-state index in [-0.39, 0.29) is 10.8 Å². The molecule has 1 nitrogen and oxygen atoms in total. The minimum absolute atomic E-state index is 0.00832. The van der Waals surface area contributed by atoms with E-state index in [0.717, 1.165) is 22.6 Å². The van der Waals surface area contributed by atoms with E-state index in [0.29, 0.717) is 0 Å². The van der Waals surface area contributed by atoms with Crippen LogP contribution in [-0.4, -0.2) is 0 Å². The summed E-state index contributed by atoms with van der Waals surface area (Å²) in [6.07, 6.45) is 39.0. The number of hydrogen-bond acceptors (Lipinski definition) is 1. The smallest absolute Gasteiger partial charge is 0.0462 e. The largest absolute Gasteiger partial charge is 0.311 e. The van der Waals surface area contributed by atoms with Crippen LogP contribution in [0.2, 0.25) is 0 Å². The van der Waals surface area contributed by atoms with Gasteiger partial charge in [0.25, 0.3) is 0 Å². The van der Waals surface area contributed by atoms with Crippen LogP contribution in [0.15, 0.2) is 140 Å². The summed E-state index contributed by atoms with van der Waals surface area (Å²) < 4.78 is 0. The lowest BCUT2D eigenvalue weighted by molar-refractivity contribution is 0.394. The van der Waals surface area contributed by atoms with Crippen molar-refractivity contribution in [1.82, 2.24) is 0 Å². The molecule has 0 heterocycles. The zero-order chi connectivity index (χ0) is 50.7. The lowest BCUT2D eigenvalue weighted by Crippen LogP contribution is -2.27. The Labute approximate surface area is 445 Å². The maximum Gasteiger partial charge on any atom is 0.0462 e. The molecule has 0 amide bonds. The first kappa shape index (κ1) is 54.1. The van der Waals surface area contributed by atoms with E-state index in [9.17, 15) is 0 Å². The van der Waals surface area contributed by atoms with E-state index < -0.39 is 0 Å². The van der Waals surface area contributed by atoms with Gasteiger partial charge >= 0.3 is 0 Å². The molecule has 0 N–H and O–H groups in total. The van der Waals surface area contributed by atoms with Gasteiger partial charge in [-0.2, -0.15) is 0 Å². The second kappa shape index (κ2) is 27.4. The number of benzene rings is 6. The first-order valence-electron chi connectivity index (χ1n) is 30.1. The van der Waals surface area contributed by atoms with Gasteiger partial charge in [0.05, 0.1) is 0 Å². The first-order chi connectivity index (χ1) is 36.0. The summed E-state index contributed by atoms with van der Waals surface area (Å²) in [5.74, 6) is 0. The predicted octanol–water partition coefficient (Wildman–Crippen LogP) is 23.0. The fourth-order valence-electron chi connectivity index (χ4n) is 13.4. The van der Waals surface area contributed by atoms with E-state index >= 15 is 0 Å². The minimum atomic E-state index is -0.00832. The Morgan fingerprint density at radius 3 is 1.18 bits per heavy atom. The summed E-state index contributed by atoms with van der Waals surface area (Å²) >= 11 is 0. The van der Waals surface area contributed by atoms with Gasteiger partial charge in [-0.25, -0.2) is 0 Å². The Morgan fingerprint density at radius 1 is 0.329 bits per heavy atom. The second-order valence-electron chi connectivity index (χ2n) is 22.5. The molecule has 0 aliphatic heterocycles. The summed E-state index contributed by atoms with van der Waals surface area (Å²) in [4.78, 5) is 2.37. The molecule has 0 aromatic heterocycles. The number of fused-ring (bicyclic) bond motifs is 6. The number of anilines is 3. The molecule has 73 heavy (non-hydrogen) atoms. The fraction of sp³-hybridized carbons (Fsp3) is 0.472. The Hall–Kier alpha value is -5.14. The lowest BCUT2D eigenvalue weighted by atomic mass is 9.68.